The molecule has 0 spiro atoms. The van der Waals surface area contributed by atoms with Gasteiger partial charge >= 0.3 is 0 Å². The number of aromatic nitrogens is 2. The van der Waals surface area contributed by atoms with Crippen LogP contribution >= 0.6 is 0 Å². The molecule has 0 radical (unpaired) electrons. The summed E-state index contributed by atoms with van der Waals surface area (Å²) in [6.07, 6.45) is 1.75. The largest absolute Gasteiger partial charge is 0.353 e. The lowest BCUT2D eigenvalue weighted by Crippen LogP contribution is -2.50. The van der Waals surface area contributed by atoms with E-state index in [0.29, 0.717) is 12.4 Å². The van der Waals surface area contributed by atoms with Crippen molar-refractivity contribution in [2.24, 2.45) is 0 Å². The Morgan fingerprint density at radius 3 is 2.52 bits per heavy atom. The van der Waals surface area contributed by atoms with E-state index in [4.69, 9.17) is 4.52 Å². The summed E-state index contributed by atoms with van der Waals surface area (Å²) >= 11 is 0. The molecule has 0 unspecified atom stereocenters. The van der Waals surface area contributed by atoms with Crippen LogP contribution < -0.4 is 5.32 Å². The Balaban J connectivity index is 1.78. The summed E-state index contributed by atoms with van der Waals surface area (Å²) in [5.74, 6) is 1.56. The van der Waals surface area contributed by atoms with Crippen molar-refractivity contribution in [1.82, 2.24) is 25.3 Å². The van der Waals surface area contributed by atoms with Crippen molar-refractivity contribution in [2.45, 2.75) is 52.6 Å². The number of rotatable bonds is 7. The van der Waals surface area contributed by atoms with Gasteiger partial charge in [-0.1, -0.05) is 19.0 Å². The molecule has 1 fully saturated rings. The summed E-state index contributed by atoms with van der Waals surface area (Å²) < 4.78 is 5.34. The third-order valence-electron chi connectivity index (χ3n) is 4.50. The van der Waals surface area contributed by atoms with Crippen LogP contribution in [0.5, 0.6) is 0 Å². The second kappa shape index (κ2) is 8.40. The quantitative estimate of drug-likeness (QED) is 0.813. The zero-order chi connectivity index (χ0) is 16.8. The lowest BCUT2D eigenvalue weighted by Gasteiger charge is -2.36. The van der Waals surface area contributed by atoms with Gasteiger partial charge < -0.3 is 9.84 Å². The van der Waals surface area contributed by atoms with Gasteiger partial charge in [0, 0.05) is 38.6 Å². The molecule has 130 valence electrons. The lowest BCUT2D eigenvalue weighted by atomic mass is 10.2. The van der Waals surface area contributed by atoms with Gasteiger partial charge in [0.25, 0.3) is 0 Å². The van der Waals surface area contributed by atoms with E-state index < -0.39 is 0 Å². The summed E-state index contributed by atoms with van der Waals surface area (Å²) in [6, 6.07) is 0.369. The molecule has 1 aromatic rings. The molecular weight excluding hydrogens is 294 g/mol. The van der Waals surface area contributed by atoms with Gasteiger partial charge in [-0.15, -0.1) is 0 Å². The molecule has 1 aromatic heterocycles. The summed E-state index contributed by atoms with van der Waals surface area (Å²) in [6.45, 7) is 12.3. The minimum Gasteiger partial charge on any atom is -0.353 e. The van der Waals surface area contributed by atoms with E-state index >= 15 is 0 Å². The maximum atomic E-state index is 12.0. The topological polar surface area (TPSA) is 74.5 Å². The fourth-order valence-corrected chi connectivity index (χ4v) is 2.67. The molecule has 1 amide bonds. The fourth-order valence-electron chi connectivity index (χ4n) is 2.67. The molecule has 7 heteroatoms. The Kier molecular flexibility index (Phi) is 6.53. The molecule has 1 aliphatic rings. The van der Waals surface area contributed by atoms with Gasteiger partial charge in [0.15, 0.2) is 5.82 Å². The van der Waals surface area contributed by atoms with Crippen LogP contribution in [0.2, 0.25) is 0 Å². The standard InChI is InChI=1S/C16H29N5O2/c1-5-12(3)17-15(22)11-20-7-9-21(10-8-20)13(4)16-18-14(6-2)19-23-16/h12-13H,5-11H2,1-4H3,(H,17,22)/t12-,13+/m0/s1. The van der Waals surface area contributed by atoms with Gasteiger partial charge in [0.2, 0.25) is 11.8 Å². The smallest absolute Gasteiger partial charge is 0.243 e. The lowest BCUT2D eigenvalue weighted by molar-refractivity contribution is -0.123. The Morgan fingerprint density at radius 1 is 1.26 bits per heavy atom. The molecule has 1 N–H and O–H groups in total. The van der Waals surface area contributed by atoms with Crippen LogP contribution in [0, 0.1) is 0 Å². The third kappa shape index (κ3) is 5.00. The molecule has 2 heterocycles. The van der Waals surface area contributed by atoms with Crippen LogP contribution in [-0.2, 0) is 11.2 Å². The van der Waals surface area contributed by atoms with E-state index in [0.717, 1.165) is 44.8 Å². The highest BCUT2D eigenvalue weighted by atomic mass is 16.5. The predicted molar refractivity (Wildman–Crippen MR) is 88.0 cm³/mol. The van der Waals surface area contributed by atoms with Crippen LogP contribution in [0.25, 0.3) is 0 Å². The van der Waals surface area contributed by atoms with Crippen molar-refractivity contribution in [3.05, 3.63) is 11.7 Å². The second-order valence-corrected chi connectivity index (χ2v) is 6.27. The van der Waals surface area contributed by atoms with E-state index in [1.807, 2.05) is 13.8 Å². The normalized spacial score (nSPS) is 19.5. The first kappa shape index (κ1) is 17.9. The fraction of sp³-hybridized carbons (Fsp3) is 0.812. The zero-order valence-electron chi connectivity index (χ0n) is 14.7. The van der Waals surface area contributed by atoms with E-state index in [2.05, 4.69) is 39.1 Å². The Labute approximate surface area is 138 Å². The molecular formula is C16H29N5O2. The summed E-state index contributed by atoms with van der Waals surface area (Å²) in [5, 5.41) is 6.98. The van der Waals surface area contributed by atoms with Gasteiger partial charge in [-0.25, -0.2) is 0 Å². The van der Waals surface area contributed by atoms with Gasteiger partial charge in [0.05, 0.1) is 12.6 Å². The van der Waals surface area contributed by atoms with Crippen molar-refractivity contribution in [1.29, 1.82) is 0 Å². The van der Waals surface area contributed by atoms with Gasteiger partial charge in [-0.3, -0.25) is 14.6 Å². The van der Waals surface area contributed by atoms with Crippen molar-refractivity contribution in [3.8, 4) is 0 Å². The molecule has 7 nitrogen and oxygen atoms in total. The minimum absolute atomic E-state index is 0.116. The molecule has 0 bridgehead atoms. The number of carbonyl (C=O) groups excluding carboxylic acids is 1. The number of hydrogen-bond donors (Lipinski definition) is 1. The minimum atomic E-state index is 0.116. The molecule has 0 aliphatic carbocycles. The summed E-state index contributed by atoms with van der Waals surface area (Å²) in [5.41, 5.74) is 0. The summed E-state index contributed by atoms with van der Waals surface area (Å²) in [4.78, 5) is 20.9. The van der Waals surface area contributed by atoms with Gasteiger partial charge in [-0.05, 0) is 20.3 Å². The van der Waals surface area contributed by atoms with Crippen LogP contribution in [0.1, 0.15) is 51.9 Å². The first-order valence-electron chi connectivity index (χ1n) is 8.61. The molecule has 0 aromatic carbocycles. The van der Waals surface area contributed by atoms with Crippen molar-refractivity contribution in [2.75, 3.05) is 32.7 Å². The van der Waals surface area contributed by atoms with Crippen molar-refractivity contribution in [3.63, 3.8) is 0 Å². The van der Waals surface area contributed by atoms with Crippen LogP contribution in [-0.4, -0.2) is 64.6 Å². The van der Waals surface area contributed by atoms with Crippen LogP contribution in [0.15, 0.2) is 4.52 Å². The van der Waals surface area contributed by atoms with E-state index in [9.17, 15) is 4.79 Å². The van der Waals surface area contributed by atoms with Crippen LogP contribution in [0.4, 0.5) is 0 Å². The van der Waals surface area contributed by atoms with Crippen molar-refractivity contribution >= 4 is 5.91 Å². The monoisotopic (exact) mass is 323 g/mol. The Hall–Kier alpha value is -1.47. The SMILES string of the molecule is CCc1noc([C@@H](C)N2CCN(CC(=O)N[C@@H](C)CC)CC2)n1. The maximum Gasteiger partial charge on any atom is 0.243 e. The highest BCUT2D eigenvalue weighted by molar-refractivity contribution is 5.78. The van der Waals surface area contributed by atoms with E-state index in [1.165, 1.54) is 0 Å². The van der Waals surface area contributed by atoms with Gasteiger partial charge in [0.1, 0.15) is 0 Å². The number of piperazine rings is 1. The highest BCUT2D eigenvalue weighted by Gasteiger charge is 2.26. The maximum absolute atomic E-state index is 12.0. The number of amides is 1. The van der Waals surface area contributed by atoms with Gasteiger partial charge in [-0.2, -0.15) is 4.98 Å². The number of carbonyl (C=O) groups is 1. The molecule has 1 saturated heterocycles. The number of hydrogen-bond acceptors (Lipinski definition) is 6. The first-order chi connectivity index (χ1) is 11.0. The average molecular weight is 323 g/mol. The number of nitrogens with zero attached hydrogens (tertiary/aromatic N) is 4. The second-order valence-electron chi connectivity index (χ2n) is 6.27. The first-order valence-corrected chi connectivity index (χ1v) is 8.61. The Morgan fingerprint density at radius 2 is 1.96 bits per heavy atom. The number of aryl methyl sites for hydroxylation is 1. The summed E-state index contributed by atoms with van der Waals surface area (Å²) in [7, 11) is 0. The molecule has 1 aliphatic heterocycles. The highest BCUT2D eigenvalue weighted by Crippen LogP contribution is 2.20. The number of nitrogens with one attached hydrogen (secondary N) is 1. The van der Waals surface area contributed by atoms with E-state index in [-0.39, 0.29) is 18.0 Å². The predicted octanol–water partition coefficient (Wildman–Crippen LogP) is 1.23. The average Bonchev–Trinajstić information content (AvgIpc) is 3.03. The molecule has 2 atom stereocenters. The molecule has 0 saturated carbocycles. The Bertz CT molecular complexity index is 496. The zero-order valence-corrected chi connectivity index (χ0v) is 14.7. The van der Waals surface area contributed by atoms with Crippen molar-refractivity contribution < 1.29 is 9.32 Å². The third-order valence-corrected chi connectivity index (χ3v) is 4.50. The molecule has 23 heavy (non-hydrogen) atoms. The van der Waals surface area contributed by atoms with Crippen LogP contribution in [0.3, 0.4) is 0 Å². The molecule has 2 rings (SSSR count). The van der Waals surface area contributed by atoms with E-state index in [1.54, 1.807) is 0 Å².